The van der Waals surface area contributed by atoms with Crippen LogP contribution < -0.4 is 0 Å². The van der Waals surface area contributed by atoms with E-state index >= 15 is 0 Å². The number of hydrogen-bond donors (Lipinski definition) is 0. The lowest BCUT2D eigenvalue weighted by molar-refractivity contribution is -0.141. The van der Waals surface area contributed by atoms with Gasteiger partial charge in [0.1, 0.15) is 0 Å². The largest absolute Gasteiger partial charge is 0.435 e. The predicted molar refractivity (Wildman–Crippen MR) is 68.6 cm³/mol. The van der Waals surface area contributed by atoms with Gasteiger partial charge in [-0.15, -0.1) is 0 Å². The molecule has 1 fully saturated rings. The van der Waals surface area contributed by atoms with Gasteiger partial charge in [0.05, 0.1) is 17.0 Å². The molecule has 0 N–H and O–H groups in total. The van der Waals surface area contributed by atoms with E-state index in [0.29, 0.717) is 11.8 Å². The molecule has 2 aliphatic carbocycles. The van der Waals surface area contributed by atoms with Crippen LogP contribution in [-0.2, 0) is 13.2 Å². The topological polar surface area (TPSA) is 43.6 Å². The molecule has 0 saturated heterocycles. The van der Waals surface area contributed by atoms with Crippen LogP contribution in [0.25, 0.3) is 11.3 Å². The third-order valence-corrected chi connectivity index (χ3v) is 4.49. The molecule has 2 bridgehead atoms. The van der Waals surface area contributed by atoms with E-state index in [-0.39, 0.29) is 11.3 Å². The number of nitrogens with zero attached hydrogens (tertiary/aromatic N) is 4. The Labute approximate surface area is 119 Å². The highest BCUT2D eigenvalue weighted by atomic mass is 19.4. The Morgan fingerprint density at radius 2 is 1.95 bits per heavy atom. The monoisotopic (exact) mass is 294 g/mol. The number of alkyl halides is 3. The van der Waals surface area contributed by atoms with Crippen molar-refractivity contribution in [2.75, 3.05) is 0 Å². The van der Waals surface area contributed by atoms with Crippen molar-refractivity contribution in [2.24, 2.45) is 7.05 Å². The molecular formula is C14H13F3N4. The van der Waals surface area contributed by atoms with Crippen LogP contribution >= 0.6 is 0 Å². The minimum absolute atomic E-state index is 0.00285. The second kappa shape index (κ2) is 4.05. The second-order valence-corrected chi connectivity index (χ2v) is 5.84. The molecule has 110 valence electrons. The highest BCUT2D eigenvalue weighted by Crippen LogP contribution is 2.52. The number of rotatable bonds is 1. The molecule has 7 heteroatoms. The van der Waals surface area contributed by atoms with E-state index < -0.39 is 11.9 Å². The molecule has 0 spiro atoms. The Hall–Kier alpha value is -1.92. The molecule has 2 unspecified atom stereocenters. The number of fused-ring (bicyclic) bond motifs is 5. The molecule has 2 aromatic heterocycles. The van der Waals surface area contributed by atoms with Gasteiger partial charge in [0.15, 0.2) is 5.69 Å². The molecule has 2 heterocycles. The minimum Gasteiger partial charge on any atom is -0.275 e. The molecule has 0 aliphatic heterocycles. The van der Waals surface area contributed by atoms with Crippen molar-refractivity contribution in [2.45, 2.75) is 37.3 Å². The van der Waals surface area contributed by atoms with E-state index in [0.717, 1.165) is 30.5 Å². The summed E-state index contributed by atoms with van der Waals surface area (Å²) in [7, 11) is 1.47. The van der Waals surface area contributed by atoms with E-state index in [1.54, 1.807) is 6.07 Å². The van der Waals surface area contributed by atoms with E-state index in [2.05, 4.69) is 15.3 Å². The zero-order valence-corrected chi connectivity index (χ0v) is 11.4. The van der Waals surface area contributed by atoms with E-state index in [1.165, 1.54) is 17.9 Å². The van der Waals surface area contributed by atoms with Crippen molar-refractivity contribution in [1.82, 2.24) is 20.0 Å². The molecule has 2 aliphatic rings. The summed E-state index contributed by atoms with van der Waals surface area (Å²) in [6.07, 6.45) is 0.143. The van der Waals surface area contributed by atoms with Gasteiger partial charge in [0.2, 0.25) is 0 Å². The summed E-state index contributed by atoms with van der Waals surface area (Å²) in [6, 6.07) is 1.78. The second-order valence-electron chi connectivity index (χ2n) is 5.84. The molecule has 1 saturated carbocycles. The van der Waals surface area contributed by atoms with Crippen LogP contribution in [0.4, 0.5) is 13.2 Å². The smallest absolute Gasteiger partial charge is 0.275 e. The first-order chi connectivity index (χ1) is 9.93. The third kappa shape index (κ3) is 1.86. The number of aryl methyl sites for hydroxylation is 1. The predicted octanol–water partition coefficient (Wildman–Crippen LogP) is 3.26. The van der Waals surface area contributed by atoms with Gasteiger partial charge < -0.3 is 0 Å². The molecule has 0 amide bonds. The lowest BCUT2D eigenvalue weighted by atomic mass is 9.95. The number of halogens is 3. The summed E-state index contributed by atoms with van der Waals surface area (Å²) >= 11 is 0. The maximum atomic E-state index is 13.0. The van der Waals surface area contributed by atoms with Crippen molar-refractivity contribution < 1.29 is 13.2 Å². The zero-order valence-electron chi connectivity index (χ0n) is 11.4. The molecule has 0 radical (unpaired) electrons. The molecule has 21 heavy (non-hydrogen) atoms. The van der Waals surface area contributed by atoms with Gasteiger partial charge in [-0.3, -0.25) is 4.68 Å². The summed E-state index contributed by atoms with van der Waals surface area (Å²) in [5.41, 5.74) is 1.42. The average molecular weight is 294 g/mol. The highest BCUT2D eigenvalue weighted by Gasteiger charge is 2.41. The van der Waals surface area contributed by atoms with Gasteiger partial charge in [0.25, 0.3) is 0 Å². The molecular weight excluding hydrogens is 281 g/mol. The maximum Gasteiger partial charge on any atom is 0.435 e. The Balaban J connectivity index is 1.84. The van der Waals surface area contributed by atoms with Gasteiger partial charge in [-0.2, -0.15) is 28.5 Å². The van der Waals surface area contributed by atoms with Gasteiger partial charge in [-0.25, -0.2) is 0 Å². The van der Waals surface area contributed by atoms with E-state index in [9.17, 15) is 13.2 Å². The van der Waals surface area contributed by atoms with E-state index in [1.807, 2.05) is 0 Å². The first kappa shape index (κ1) is 12.8. The summed E-state index contributed by atoms with van der Waals surface area (Å²) in [5, 5.41) is 11.7. The fourth-order valence-electron chi connectivity index (χ4n) is 3.59. The van der Waals surface area contributed by atoms with Crippen LogP contribution in [0.15, 0.2) is 12.3 Å². The third-order valence-electron chi connectivity index (χ3n) is 4.49. The summed E-state index contributed by atoms with van der Waals surface area (Å²) in [4.78, 5) is 0. The maximum absolute atomic E-state index is 13.0. The Kier molecular flexibility index (Phi) is 2.47. The molecule has 4 nitrogen and oxygen atoms in total. The first-order valence-corrected chi connectivity index (χ1v) is 6.92. The zero-order chi connectivity index (χ0) is 14.8. The van der Waals surface area contributed by atoms with Crippen LogP contribution in [0.2, 0.25) is 0 Å². The van der Waals surface area contributed by atoms with Crippen molar-refractivity contribution >= 4 is 0 Å². The standard InChI is InChI=1S/C14H13F3N4/c1-21-6-10(13(20-21)14(15,16)17)11-5-9-7-2-3-8(4-7)12(9)19-18-11/h5-8H,2-4H2,1H3. The first-order valence-electron chi connectivity index (χ1n) is 6.92. The summed E-state index contributed by atoms with van der Waals surface area (Å²) in [5.74, 6) is 0.882. The SMILES string of the molecule is Cn1cc(-c2cc3c(nn2)C2CCC3C2)c(C(F)(F)F)n1. The van der Waals surface area contributed by atoms with Crippen molar-refractivity contribution in [3.05, 3.63) is 29.2 Å². The van der Waals surface area contributed by atoms with Gasteiger partial charge in [0, 0.05) is 19.2 Å². The molecule has 0 aromatic carbocycles. The van der Waals surface area contributed by atoms with Crippen molar-refractivity contribution in [3.8, 4) is 11.3 Å². The lowest BCUT2D eigenvalue weighted by Gasteiger charge is -2.14. The average Bonchev–Trinajstić information content (AvgIpc) is 3.11. The van der Waals surface area contributed by atoms with Crippen molar-refractivity contribution in [1.29, 1.82) is 0 Å². The lowest BCUT2D eigenvalue weighted by Crippen LogP contribution is -2.09. The van der Waals surface area contributed by atoms with E-state index in [4.69, 9.17) is 0 Å². The highest BCUT2D eigenvalue weighted by molar-refractivity contribution is 5.63. The van der Waals surface area contributed by atoms with Crippen LogP contribution in [0.3, 0.4) is 0 Å². The quantitative estimate of drug-likeness (QED) is 0.811. The fourth-order valence-corrected chi connectivity index (χ4v) is 3.59. The molecule has 2 atom stereocenters. The van der Waals surface area contributed by atoms with Crippen molar-refractivity contribution in [3.63, 3.8) is 0 Å². The van der Waals surface area contributed by atoms with Gasteiger partial charge in [-0.05, 0) is 36.8 Å². The van der Waals surface area contributed by atoms with Crippen LogP contribution in [-0.4, -0.2) is 20.0 Å². The number of aromatic nitrogens is 4. The number of hydrogen-bond acceptors (Lipinski definition) is 3. The molecule has 2 aromatic rings. The van der Waals surface area contributed by atoms with Crippen LogP contribution in [0.5, 0.6) is 0 Å². The van der Waals surface area contributed by atoms with Crippen LogP contribution in [0.1, 0.15) is 48.0 Å². The van der Waals surface area contributed by atoms with Gasteiger partial charge in [-0.1, -0.05) is 0 Å². The summed E-state index contributed by atoms with van der Waals surface area (Å²) < 4.78 is 40.3. The Morgan fingerprint density at radius 1 is 1.19 bits per heavy atom. The fraction of sp³-hybridized carbons (Fsp3) is 0.500. The molecule has 4 rings (SSSR count). The minimum atomic E-state index is -4.49. The summed E-state index contributed by atoms with van der Waals surface area (Å²) in [6.45, 7) is 0. The Bertz CT molecular complexity index is 719. The van der Waals surface area contributed by atoms with Gasteiger partial charge >= 0.3 is 6.18 Å². The Morgan fingerprint density at radius 3 is 2.71 bits per heavy atom. The normalized spacial score (nSPS) is 23.6. The van der Waals surface area contributed by atoms with Crippen LogP contribution in [0, 0.1) is 0 Å².